The molecule has 0 bridgehead atoms. The van der Waals surface area contributed by atoms with Crippen LogP contribution in [0.4, 0.5) is 0 Å². The summed E-state index contributed by atoms with van der Waals surface area (Å²) in [7, 11) is 0. The summed E-state index contributed by atoms with van der Waals surface area (Å²) in [6.45, 7) is 1.42. The van der Waals surface area contributed by atoms with Crippen LogP contribution in [0.15, 0.2) is 17.1 Å². The van der Waals surface area contributed by atoms with E-state index in [1.165, 1.54) is 6.92 Å². The first kappa shape index (κ1) is 10.1. The number of nitrogens with two attached hydrogens (primary N) is 1. The topological polar surface area (TPSA) is 76.2 Å². The van der Waals surface area contributed by atoms with Gasteiger partial charge in [-0.1, -0.05) is 0 Å². The molecule has 1 aromatic heterocycles. The molecule has 1 atom stereocenters. The van der Waals surface area contributed by atoms with Crippen LogP contribution in [0.5, 0.6) is 0 Å². The second-order valence-corrected chi connectivity index (χ2v) is 2.56. The molecule has 62 valence electrons. The lowest BCUT2D eigenvalue weighted by atomic mass is 10.4. The van der Waals surface area contributed by atoms with Gasteiger partial charge in [0.25, 0.3) is 0 Å². The van der Waals surface area contributed by atoms with Crippen molar-refractivity contribution in [2.75, 3.05) is 0 Å². The molecule has 5 heteroatoms. The van der Waals surface area contributed by atoms with Gasteiger partial charge in [0.2, 0.25) is 0 Å². The maximum atomic E-state index is 9.57. The zero-order valence-electron chi connectivity index (χ0n) is 6.10. The molecule has 0 aliphatic carbocycles. The Morgan fingerprint density at radius 1 is 1.82 bits per heavy atom. The summed E-state index contributed by atoms with van der Waals surface area (Å²) >= 11 is 1.60. The lowest BCUT2D eigenvalue weighted by Gasteiger charge is -1.90. The van der Waals surface area contributed by atoms with Crippen molar-refractivity contribution >= 4 is 17.3 Å². The van der Waals surface area contributed by atoms with Crippen molar-refractivity contribution in [2.45, 2.75) is 13.0 Å². The van der Waals surface area contributed by atoms with Gasteiger partial charge in [-0.3, -0.25) is 9.78 Å². The molecule has 1 aromatic rings. The standard InChI is InChI=1S/C3H7NO2.C3H3NS/c1-2(4)3(5)6;1-2-5-3-4-1/h2H,4H2,1H3,(H,5,6);1-3H. The van der Waals surface area contributed by atoms with Crippen molar-refractivity contribution in [3.63, 3.8) is 0 Å². The molecule has 4 nitrogen and oxygen atoms in total. The van der Waals surface area contributed by atoms with Crippen molar-refractivity contribution in [1.29, 1.82) is 0 Å². The van der Waals surface area contributed by atoms with Crippen molar-refractivity contribution in [2.24, 2.45) is 5.73 Å². The van der Waals surface area contributed by atoms with Crippen molar-refractivity contribution < 1.29 is 9.90 Å². The van der Waals surface area contributed by atoms with Gasteiger partial charge in [0.1, 0.15) is 6.04 Å². The quantitative estimate of drug-likeness (QED) is 0.652. The minimum Gasteiger partial charge on any atom is -0.480 e. The molecule has 3 N–H and O–H groups in total. The molecule has 0 amide bonds. The maximum Gasteiger partial charge on any atom is 0.320 e. The van der Waals surface area contributed by atoms with E-state index in [9.17, 15) is 4.79 Å². The minimum absolute atomic E-state index is 0.731. The van der Waals surface area contributed by atoms with Crippen LogP contribution < -0.4 is 5.73 Å². The van der Waals surface area contributed by atoms with E-state index >= 15 is 0 Å². The number of carboxylic acids is 1. The van der Waals surface area contributed by atoms with Crippen molar-refractivity contribution in [1.82, 2.24) is 4.98 Å². The highest BCUT2D eigenvalue weighted by molar-refractivity contribution is 7.07. The Kier molecular flexibility index (Phi) is 5.32. The summed E-state index contributed by atoms with van der Waals surface area (Å²) in [6.07, 6.45) is 1.77. The summed E-state index contributed by atoms with van der Waals surface area (Å²) in [6, 6.07) is -0.731. The number of carboxylic acid groups (broad SMARTS) is 1. The molecule has 0 fully saturated rings. The lowest BCUT2D eigenvalue weighted by molar-refractivity contribution is -0.138. The Bertz CT molecular complexity index is 169. The molecule has 0 saturated heterocycles. The SMILES string of the molecule is CC(N)C(=O)O.c1cscn1. The van der Waals surface area contributed by atoms with Crippen molar-refractivity contribution in [3.05, 3.63) is 17.1 Å². The van der Waals surface area contributed by atoms with Gasteiger partial charge in [-0.15, -0.1) is 11.3 Å². The number of nitrogens with zero attached hydrogens (tertiary/aromatic N) is 1. The summed E-state index contributed by atoms with van der Waals surface area (Å²) in [4.78, 5) is 13.3. The van der Waals surface area contributed by atoms with Gasteiger partial charge in [0, 0.05) is 11.6 Å². The highest BCUT2D eigenvalue weighted by Gasteiger charge is 1.99. The molecule has 0 saturated carbocycles. The fourth-order valence-electron chi connectivity index (χ4n) is 0.176. The van der Waals surface area contributed by atoms with E-state index in [1.54, 1.807) is 23.0 Å². The summed E-state index contributed by atoms with van der Waals surface area (Å²) in [5, 5.41) is 9.80. The van der Waals surface area contributed by atoms with E-state index in [2.05, 4.69) is 4.98 Å². The van der Waals surface area contributed by atoms with Crippen LogP contribution in [0.25, 0.3) is 0 Å². The molecule has 1 rings (SSSR count). The molecular formula is C6H10N2O2S. The van der Waals surface area contributed by atoms with Crippen LogP contribution in [0.1, 0.15) is 6.92 Å². The average molecular weight is 174 g/mol. The maximum absolute atomic E-state index is 9.57. The van der Waals surface area contributed by atoms with E-state index in [1.807, 2.05) is 5.38 Å². The Morgan fingerprint density at radius 2 is 2.36 bits per heavy atom. The van der Waals surface area contributed by atoms with E-state index in [4.69, 9.17) is 10.8 Å². The number of hydrogen-bond donors (Lipinski definition) is 2. The van der Waals surface area contributed by atoms with E-state index in [0.717, 1.165) is 0 Å². The van der Waals surface area contributed by atoms with E-state index in [-0.39, 0.29) is 0 Å². The van der Waals surface area contributed by atoms with Gasteiger partial charge in [-0.2, -0.15) is 0 Å². The van der Waals surface area contributed by atoms with Gasteiger partial charge in [-0.05, 0) is 6.92 Å². The molecule has 1 heterocycles. The zero-order chi connectivity index (χ0) is 8.69. The van der Waals surface area contributed by atoms with Gasteiger partial charge >= 0.3 is 5.97 Å². The van der Waals surface area contributed by atoms with E-state index < -0.39 is 12.0 Å². The smallest absolute Gasteiger partial charge is 0.320 e. The summed E-state index contributed by atoms with van der Waals surface area (Å²) in [5.74, 6) is -0.963. The first-order chi connectivity index (χ1) is 5.14. The number of rotatable bonds is 1. The highest BCUT2D eigenvalue weighted by Crippen LogP contribution is 1.85. The Hall–Kier alpha value is -0.940. The predicted octanol–water partition coefficient (Wildman–Crippen LogP) is 0.561. The lowest BCUT2D eigenvalue weighted by Crippen LogP contribution is -2.25. The zero-order valence-corrected chi connectivity index (χ0v) is 6.91. The molecular weight excluding hydrogens is 164 g/mol. The largest absolute Gasteiger partial charge is 0.480 e. The highest BCUT2D eigenvalue weighted by atomic mass is 32.1. The average Bonchev–Trinajstić information content (AvgIpc) is 2.41. The normalized spacial score (nSPS) is 11.1. The van der Waals surface area contributed by atoms with Gasteiger partial charge < -0.3 is 10.8 Å². The number of carbonyl (C=O) groups is 1. The first-order valence-corrected chi connectivity index (χ1v) is 3.89. The van der Waals surface area contributed by atoms with Gasteiger partial charge in [0.05, 0.1) is 5.51 Å². The monoisotopic (exact) mass is 174 g/mol. The van der Waals surface area contributed by atoms with Crippen molar-refractivity contribution in [3.8, 4) is 0 Å². The number of thiazole rings is 1. The second-order valence-electron chi connectivity index (χ2n) is 1.80. The van der Waals surface area contributed by atoms with Crippen LogP contribution >= 0.6 is 11.3 Å². The fraction of sp³-hybridized carbons (Fsp3) is 0.333. The van der Waals surface area contributed by atoms with Gasteiger partial charge in [-0.25, -0.2) is 0 Å². The Labute approximate surface area is 68.7 Å². The molecule has 0 aliphatic rings. The Morgan fingerprint density at radius 3 is 2.45 bits per heavy atom. The summed E-state index contributed by atoms with van der Waals surface area (Å²) in [5.41, 5.74) is 6.63. The number of aliphatic carboxylic acids is 1. The van der Waals surface area contributed by atoms with Crippen LogP contribution in [0.3, 0.4) is 0 Å². The first-order valence-electron chi connectivity index (χ1n) is 2.95. The summed E-state index contributed by atoms with van der Waals surface area (Å²) < 4.78 is 0. The van der Waals surface area contributed by atoms with Crippen LogP contribution in [0.2, 0.25) is 0 Å². The number of hydrogen-bond acceptors (Lipinski definition) is 4. The van der Waals surface area contributed by atoms with Crippen LogP contribution in [-0.4, -0.2) is 22.1 Å². The molecule has 0 spiro atoms. The third-order valence-corrected chi connectivity index (χ3v) is 1.26. The second kappa shape index (κ2) is 5.82. The van der Waals surface area contributed by atoms with Gasteiger partial charge in [0.15, 0.2) is 0 Å². The molecule has 0 radical (unpaired) electrons. The van der Waals surface area contributed by atoms with E-state index in [0.29, 0.717) is 0 Å². The minimum atomic E-state index is -0.963. The molecule has 0 aliphatic heterocycles. The Balaban J connectivity index is 0.000000183. The fourth-order valence-corrected chi connectivity index (χ4v) is 0.527. The molecule has 11 heavy (non-hydrogen) atoms. The third-order valence-electron chi connectivity index (χ3n) is 0.737. The third kappa shape index (κ3) is 6.95. The molecule has 1 unspecified atom stereocenters. The predicted molar refractivity (Wildman–Crippen MR) is 43.4 cm³/mol. The number of aromatic nitrogens is 1. The van der Waals surface area contributed by atoms with Crippen LogP contribution in [0, 0.1) is 0 Å². The molecule has 0 aromatic carbocycles. The van der Waals surface area contributed by atoms with Crippen LogP contribution in [-0.2, 0) is 4.79 Å².